The van der Waals surface area contributed by atoms with Gasteiger partial charge in [0.25, 0.3) is 0 Å². The van der Waals surface area contributed by atoms with Gasteiger partial charge in [-0.25, -0.2) is 0 Å². The average Bonchev–Trinajstić information content (AvgIpc) is 2.40. The number of aliphatic hydroxyl groups excluding tert-OH is 1. The molecule has 0 aliphatic carbocycles. The minimum Gasteiger partial charge on any atom is -0.459 e. The van der Waals surface area contributed by atoms with Gasteiger partial charge >= 0.3 is 5.97 Å². The van der Waals surface area contributed by atoms with Crippen LogP contribution in [-0.2, 0) is 9.53 Å². The smallest absolute Gasteiger partial charge is 0.320 e. The average molecular weight is 354 g/mol. The third kappa shape index (κ3) is 4.62. The first kappa shape index (κ1) is 17.3. The van der Waals surface area contributed by atoms with E-state index in [9.17, 15) is 4.79 Å². The fourth-order valence-electron chi connectivity index (χ4n) is 2.15. The van der Waals surface area contributed by atoms with E-state index >= 15 is 0 Å². The summed E-state index contributed by atoms with van der Waals surface area (Å²) in [4.78, 5) is 14.1. The molecule has 19 heavy (non-hydrogen) atoms. The van der Waals surface area contributed by atoms with Gasteiger partial charge in [0, 0.05) is 17.4 Å². The highest BCUT2D eigenvalue weighted by atomic mass is 79.9. The van der Waals surface area contributed by atoms with Gasteiger partial charge in [-0.1, -0.05) is 15.9 Å². The third-order valence-corrected chi connectivity index (χ3v) is 5.92. The number of ether oxygens (including phenoxy) is 1. The van der Waals surface area contributed by atoms with Crippen molar-refractivity contribution >= 4 is 33.7 Å². The highest BCUT2D eigenvalue weighted by molar-refractivity contribution is 9.11. The molecule has 1 rings (SSSR count). The van der Waals surface area contributed by atoms with Crippen LogP contribution in [0.5, 0.6) is 0 Å². The zero-order valence-electron chi connectivity index (χ0n) is 12.3. The number of aliphatic hydroxyl groups is 1. The molecule has 1 fully saturated rings. The van der Waals surface area contributed by atoms with Crippen LogP contribution in [0, 0.1) is 0 Å². The number of thioether (sulfide) groups is 1. The Balaban J connectivity index is 2.69. The van der Waals surface area contributed by atoms with Crippen LogP contribution in [0.1, 0.15) is 41.0 Å². The van der Waals surface area contributed by atoms with Crippen molar-refractivity contribution in [3.05, 3.63) is 0 Å². The maximum Gasteiger partial charge on any atom is 0.320 e. The summed E-state index contributed by atoms with van der Waals surface area (Å²) < 4.78 is 5.45. The predicted octanol–water partition coefficient (Wildman–Crippen LogP) is 2.59. The lowest BCUT2D eigenvalue weighted by molar-refractivity contribution is -0.157. The van der Waals surface area contributed by atoms with Gasteiger partial charge < -0.3 is 9.84 Å². The SMILES string of the molecule is CC(C)(C)OC(=O)CN1C(Br)SC(CCO)C1(C)C. The first-order chi connectivity index (χ1) is 8.58. The summed E-state index contributed by atoms with van der Waals surface area (Å²) in [5, 5.41) is 9.42. The van der Waals surface area contributed by atoms with E-state index < -0.39 is 5.60 Å². The number of nitrogens with zero attached hydrogens (tertiary/aromatic N) is 1. The third-order valence-electron chi connectivity index (χ3n) is 3.16. The largest absolute Gasteiger partial charge is 0.459 e. The Morgan fingerprint density at radius 2 is 2.05 bits per heavy atom. The molecule has 0 aromatic heterocycles. The van der Waals surface area contributed by atoms with Crippen LogP contribution in [-0.4, -0.2) is 49.8 Å². The second kappa shape index (κ2) is 6.33. The number of carbonyl (C=O) groups is 1. The number of rotatable bonds is 4. The summed E-state index contributed by atoms with van der Waals surface area (Å²) >= 11 is 5.34. The molecule has 1 saturated heterocycles. The summed E-state index contributed by atoms with van der Waals surface area (Å²) in [5.74, 6) is -0.213. The normalized spacial score (nSPS) is 27.5. The van der Waals surface area contributed by atoms with E-state index in [4.69, 9.17) is 9.84 Å². The Hall–Kier alpha value is 0.220. The molecule has 0 aromatic carbocycles. The van der Waals surface area contributed by atoms with Crippen molar-refractivity contribution in [1.82, 2.24) is 4.90 Å². The fourth-order valence-corrected chi connectivity index (χ4v) is 5.08. The van der Waals surface area contributed by atoms with E-state index in [1.54, 1.807) is 11.8 Å². The standard InChI is InChI=1S/C13H24BrNO3S/c1-12(2,3)18-10(17)8-15-11(14)19-9(6-7-16)13(15,4)5/h9,11,16H,6-8H2,1-5H3. The highest BCUT2D eigenvalue weighted by Gasteiger charge is 2.47. The van der Waals surface area contributed by atoms with Gasteiger partial charge in [0.2, 0.25) is 0 Å². The van der Waals surface area contributed by atoms with E-state index in [2.05, 4.69) is 34.7 Å². The second-order valence-electron chi connectivity index (χ2n) is 6.30. The summed E-state index contributed by atoms with van der Waals surface area (Å²) in [6.45, 7) is 10.2. The minimum atomic E-state index is -0.458. The molecule has 112 valence electrons. The number of halogens is 1. The minimum absolute atomic E-state index is 0.0755. The Kier molecular flexibility index (Phi) is 5.75. The molecule has 6 heteroatoms. The molecule has 1 heterocycles. The lowest BCUT2D eigenvalue weighted by Crippen LogP contribution is -2.49. The number of esters is 1. The molecule has 0 spiro atoms. The summed E-state index contributed by atoms with van der Waals surface area (Å²) in [6.07, 6.45) is 0.727. The molecule has 2 atom stereocenters. The molecular weight excluding hydrogens is 330 g/mol. The van der Waals surface area contributed by atoms with Crippen molar-refractivity contribution in [1.29, 1.82) is 0 Å². The van der Waals surface area contributed by atoms with Gasteiger partial charge in [0.1, 0.15) is 9.88 Å². The van der Waals surface area contributed by atoms with Gasteiger partial charge in [-0.05, 0) is 41.0 Å². The molecule has 0 aromatic rings. The van der Waals surface area contributed by atoms with Crippen LogP contribution in [0.15, 0.2) is 0 Å². The molecule has 4 nitrogen and oxygen atoms in total. The number of alkyl halides is 1. The molecule has 1 aliphatic rings. The van der Waals surface area contributed by atoms with Crippen LogP contribution >= 0.6 is 27.7 Å². The Morgan fingerprint density at radius 3 is 2.53 bits per heavy atom. The first-order valence-corrected chi connectivity index (χ1v) is 8.33. The van der Waals surface area contributed by atoms with Gasteiger partial charge in [0.05, 0.1) is 6.54 Å². The molecule has 1 aliphatic heterocycles. The summed E-state index contributed by atoms with van der Waals surface area (Å²) in [7, 11) is 0. The van der Waals surface area contributed by atoms with E-state index in [0.717, 1.165) is 6.42 Å². The zero-order chi connectivity index (χ0) is 14.8. The van der Waals surface area contributed by atoms with Gasteiger partial charge in [0.15, 0.2) is 0 Å². The highest BCUT2D eigenvalue weighted by Crippen LogP contribution is 2.46. The van der Waals surface area contributed by atoms with Crippen molar-refractivity contribution in [3.8, 4) is 0 Å². The van der Waals surface area contributed by atoms with Crippen LogP contribution in [0.25, 0.3) is 0 Å². The molecule has 1 N–H and O–H groups in total. The fraction of sp³-hybridized carbons (Fsp3) is 0.923. The molecule has 2 unspecified atom stereocenters. The van der Waals surface area contributed by atoms with Crippen molar-refractivity contribution < 1.29 is 14.6 Å². The molecular formula is C13H24BrNO3S. The molecule has 0 amide bonds. The van der Waals surface area contributed by atoms with Gasteiger partial charge in [-0.2, -0.15) is 0 Å². The van der Waals surface area contributed by atoms with Gasteiger partial charge in [-0.3, -0.25) is 9.69 Å². The lowest BCUT2D eigenvalue weighted by Gasteiger charge is -2.35. The van der Waals surface area contributed by atoms with Crippen LogP contribution in [0.3, 0.4) is 0 Å². The number of carbonyl (C=O) groups excluding carboxylic acids is 1. The predicted molar refractivity (Wildman–Crippen MR) is 82.4 cm³/mol. The van der Waals surface area contributed by atoms with Crippen molar-refractivity contribution in [2.45, 2.75) is 61.7 Å². The number of hydrogen-bond donors (Lipinski definition) is 1. The van der Waals surface area contributed by atoms with E-state index in [1.807, 2.05) is 20.8 Å². The first-order valence-electron chi connectivity index (χ1n) is 6.47. The quantitative estimate of drug-likeness (QED) is 0.478. The van der Waals surface area contributed by atoms with E-state index in [0.29, 0.717) is 5.25 Å². The maximum atomic E-state index is 12.0. The Bertz CT molecular complexity index is 330. The lowest BCUT2D eigenvalue weighted by atomic mass is 9.96. The van der Waals surface area contributed by atoms with E-state index in [-0.39, 0.29) is 28.9 Å². The van der Waals surface area contributed by atoms with Crippen molar-refractivity contribution in [2.75, 3.05) is 13.2 Å². The monoisotopic (exact) mass is 353 g/mol. The van der Waals surface area contributed by atoms with Gasteiger partial charge in [-0.15, -0.1) is 11.8 Å². The van der Waals surface area contributed by atoms with Crippen molar-refractivity contribution in [2.24, 2.45) is 0 Å². The zero-order valence-corrected chi connectivity index (χ0v) is 14.7. The summed E-state index contributed by atoms with van der Waals surface area (Å²) in [6, 6.07) is 0. The summed E-state index contributed by atoms with van der Waals surface area (Å²) in [5.41, 5.74) is -0.612. The van der Waals surface area contributed by atoms with E-state index in [1.165, 1.54) is 0 Å². The molecule has 0 radical (unpaired) electrons. The Labute approximate surface area is 128 Å². The van der Waals surface area contributed by atoms with Crippen molar-refractivity contribution in [3.63, 3.8) is 0 Å². The van der Waals surface area contributed by atoms with Crippen LogP contribution in [0.4, 0.5) is 0 Å². The molecule has 0 saturated carbocycles. The molecule has 0 bridgehead atoms. The Morgan fingerprint density at radius 1 is 1.47 bits per heavy atom. The second-order valence-corrected chi connectivity index (χ2v) is 9.06. The maximum absolute atomic E-state index is 12.0. The number of hydrogen-bond acceptors (Lipinski definition) is 5. The topological polar surface area (TPSA) is 49.8 Å². The van der Waals surface area contributed by atoms with Crippen LogP contribution < -0.4 is 0 Å². The van der Waals surface area contributed by atoms with Crippen LogP contribution in [0.2, 0.25) is 0 Å².